The number of amides is 4. The summed E-state index contributed by atoms with van der Waals surface area (Å²) in [6.07, 6.45) is 4.35. The number of imide groups is 1. The molecule has 1 aliphatic carbocycles. The Hall–Kier alpha value is -3.60. The number of rotatable bonds is 5. The molecule has 1 aromatic heterocycles. The van der Waals surface area contributed by atoms with E-state index in [1.54, 1.807) is 18.3 Å². The standard InChI is InChI=1S/C23H25N7O4/c1-28-9-13-7-23(28,8-13)12-24-20(32)17-11-30(27-26-17)15-2-3-16-14(6-15)10-29(22(16)34)18-4-5-19(31)25-21(18)33/h2-3,6,11,13,18H,4-5,7-10,12H2,1H3,(H,24,32)(H,25,31,33). The summed E-state index contributed by atoms with van der Waals surface area (Å²) in [6.45, 7) is 1.96. The first-order chi connectivity index (χ1) is 16.3. The quantitative estimate of drug-likeness (QED) is 0.590. The summed E-state index contributed by atoms with van der Waals surface area (Å²) in [7, 11) is 2.11. The zero-order valence-corrected chi connectivity index (χ0v) is 18.8. The lowest BCUT2D eigenvalue weighted by atomic mass is 9.73. The Kier molecular flexibility index (Phi) is 4.60. The molecular formula is C23H25N7O4. The third-order valence-corrected chi connectivity index (χ3v) is 7.75. The van der Waals surface area contributed by atoms with Crippen LogP contribution in [0, 0.1) is 5.92 Å². The molecule has 176 valence electrons. The first kappa shape index (κ1) is 21.0. The van der Waals surface area contributed by atoms with Crippen molar-refractivity contribution in [3.63, 3.8) is 0 Å². The summed E-state index contributed by atoms with van der Waals surface area (Å²) in [5.74, 6) is -0.495. The average Bonchev–Trinajstić information content (AvgIpc) is 3.53. The monoisotopic (exact) mass is 463 g/mol. The van der Waals surface area contributed by atoms with E-state index in [2.05, 4.69) is 32.9 Å². The molecule has 0 spiro atoms. The third kappa shape index (κ3) is 3.22. The van der Waals surface area contributed by atoms with E-state index in [9.17, 15) is 19.2 Å². The lowest BCUT2D eigenvalue weighted by Gasteiger charge is -2.41. The van der Waals surface area contributed by atoms with Gasteiger partial charge in [-0.1, -0.05) is 5.21 Å². The molecule has 7 rings (SSSR count). The Bertz CT molecular complexity index is 1230. The van der Waals surface area contributed by atoms with E-state index in [4.69, 9.17) is 0 Å². The maximum Gasteiger partial charge on any atom is 0.273 e. The van der Waals surface area contributed by atoms with E-state index >= 15 is 0 Å². The summed E-state index contributed by atoms with van der Waals surface area (Å²) >= 11 is 0. The molecule has 5 heterocycles. The van der Waals surface area contributed by atoms with Gasteiger partial charge in [-0.15, -0.1) is 5.10 Å². The molecule has 11 heteroatoms. The fraction of sp³-hybridized carbons (Fsp3) is 0.478. The Balaban J connectivity index is 1.15. The number of piperidine rings is 1. The minimum Gasteiger partial charge on any atom is -0.349 e. The van der Waals surface area contributed by atoms with Crippen LogP contribution in [0.25, 0.3) is 5.69 Å². The SMILES string of the molecule is CN1CC2CC1(CNC(=O)c1cn(-c3ccc4c(c3)CN(C3CCC(=O)NC3=O)C4=O)nn1)C2. The van der Waals surface area contributed by atoms with Crippen LogP contribution in [0.4, 0.5) is 0 Å². The van der Waals surface area contributed by atoms with Crippen molar-refractivity contribution in [3.05, 3.63) is 41.2 Å². The van der Waals surface area contributed by atoms with Gasteiger partial charge in [0, 0.05) is 37.2 Å². The van der Waals surface area contributed by atoms with E-state index < -0.39 is 11.9 Å². The number of nitrogens with one attached hydrogen (secondary N) is 2. The lowest BCUT2D eigenvalue weighted by Crippen LogP contribution is -2.53. The number of hydrogen-bond acceptors (Lipinski definition) is 7. The van der Waals surface area contributed by atoms with Gasteiger partial charge >= 0.3 is 0 Å². The second-order valence-electron chi connectivity index (χ2n) is 9.85. The first-order valence-corrected chi connectivity index (χ1v) is 11.5. The van der Waals surface area contributed by atoms with Crippen molar-refractivity contribution in [1.82, 2.24) is 35.4 Å². The minimum atomic E-state index is -0.660. The molecule has 4 amide bonds. The van der Waals surface area contributed by atoms with Crippen molar-refractivity contribution in [2.75, 3.05) is 20.1 Å². The van der Waals surface area contributed by atoms with Gasteiger partial charge in [0.25, 0.3) is 11.8 Å². The topological polar surface area (TPSA) is 130 Å². The van der Waals surface area contributed by atoms with E-state index in [-0.39, 0.29) is 41.9 Å². The number of carbonyl (C=O) groups excluding carboxylic acids is 4. The zero-order valence-electron chi connectivity index (χ0n) is 18.8. The number of likely N-dealkylation sites (N-methyl/N-ethyl adjacent to an activating group) is 1. The van der Waals surface area contributed by atoms with E-state index in [1.807, 2.05) is 6.07 Å². The highest BCUT2D eigenvalue weighted by Crippen LogP contribution is 2.49. The van der Waals surface area contributed by atoms with Crippen LogP contribution < -0.4 is 10.6 Å². The normalized spacial score (nSPS) is 28.0. The van der Waals surface area contributed by atoms with Crippen LogP contribution in [0.1, 0.15) is 52.1 Å². The molecule has 1 aromatic carbocycles. The first-order valence-electron chi connectivity index (χ1n) is 11.5. The molecule has 4 aliphatic heterocycles. The van der Waals surface area contributed by atoms with Gasteiger partial charge in [-0.3, -0.25) is 29.4 Å². The molecule has 34 heavy (non-hydrogen) atoms. The van der Waals surface area contributed by atoms with Crippen LogP contribution in [0.5, 0.6) is 0 Å². The van der Waals surface area contributed by atoms with Crippen LogP contribution in [-0.4, -0.2) is 80.1 Å². The number of hydrogen-bond donors (Lipinski definition) is 2. The highest BCUT2D eigenvalue weighted by atomic mass is 16.2. The van der Waals surface area contributed by atoms with Crippen molar-refractivity contribution < 1.29 is 19.2 Å². The molecule has 2 N–H and O–H groups in total. The molecule has 0 radical (unpaired) electrons. The average molecular weight is 463 g/mol. The van der Waals surface area contributed by atoms with Gasteiger partial charge in [-0.2, -0.15) is 0 Å². The maximum absolute atomic E-state index is 12.9. The van der Waals surface area contributed by atoms with E-state index in [0.29, 0.717) is 24.2 Å². The van der Waals surface area contributed by atoms with Crippen molar-refractivity contribution in [1.29, 1.82) is 0 Å². The zero-order chi connectivity index (χ0) is 23.6. The predicted molar refractivity (Wildman–Crippen MR) is 118 cm³/mol. The van der Waals surface area contributed by atoms with Gasteiger partial charge in [-0.05, 0) is 56.0 Å². The number of benzene rings is 1. The predicted octanol–water partition coefficient (Wildman–Crippen LogP) is -0.148. The van der Waals surface area contributed by atoms with Crippen LogP contribution in [0.2, 0.25) is 0 Å². The molecule has 2 aromatic rings. The van der Waals surface area contributed by atoms with Gasteiger partial charge in [0.1, 0.15) is 6.04 Å². The van der Waals surface area contributed by atoms with Crippen LogP contribution in [0.15, 0.2) is 24.4 Å². The number of carbonyl (C=O) groups is 4. The lowest BCUT2D eigenvalue weighted by molar-refractivity contribution is -0.136. The van der Waals surface area contributed by atoms with Crippen molar-refractivity contribution in [2.45, 2.75) is 43.8 Å². The second kappa shape index (κ2) is 7.45. The molecule has 4 fully saturated rings. The molecule has 3 saturated heterocycles. The van der Waals surface area contributed by atoms with Crippen LogP contribution in [-0.2, 0) is 16.1 Å². The summed E-state index contributed by atoms with van der Waals surface area (Å²) in [5.41, 5.74) is 2.26. The Morgan fingerprint density at radius 2 is 2.09 bits per heavy atom. The van der Waals surface area contributed by atoms with Crippen LogP contribution >= 0.6 is 0 Å². The van der Waals surface area contributed by atoms with Crippen LogP contribution in [0.3, 0.4) is 0 Å². The Labute approximate surface area is 195 Å². The Morgan fingerprint density at radius 3 is 2.82 bits per heavy atom. The highest BCUT2D eigenvalue weighted by Gasteiger charge is 2.54. The molecule has 1 saturated carbocycles. The molecule has 1 unspecified atom stereocenters. The van der Waals surface area contributed by atoms with Gasteiger partial charge in [0.15, 0.2) is 5.69 Å². The smallest absolute Gasteiger partial charge is 0.273 e. The fourth-order valence-corrected chi connectivity index (χ4v) is 5.85. The summed E-state index contributed by atoms with van der Waals surface area (Å²) in [6, 6.07) is 4.59. The summed E-state index contributed by atoms with van der Waals surface area (Å²) < 4.78 is 1.51. The molecule has 11 nitrogen and oxygen atoms in total. The van der Waals surface area contributed by atoms with Gasteiger partial charge in [0.2, 0.25) is 11.8 Å². The largest absolute Gasteiger partial charge is 0.349 e. The fourth-order valence-electron chi connectivity index (χ4n) is 5.85. The van der Waals surface area contributed by atoms with E-state index in [0.717, 1.165) is 30.9 Å². The summed E-state index contributed by atoms with van der Waals surface area (Å²) in [4.78, 5) is 53.0. The molecule has 5 aliphatic rings. The highest BCUT2D eigenvalue weighted by molar-refractivity contribution is 6.05. The number of nitrogens with zero attached hydrogens (tertiary/aromatic N) is 5. The third-order valence-electron chi connectivity index (χ3n) is 7.75. The number of aromatic nitrogens is 3. The minimum absolute atomic E-state index is 0.0806. The molecule has 2 bridgehead atoms. The van der Waals surface area contributed by atoms with Crippen molar-refractivity contribution >= 4 is 23.6 Å². The van der Waals surface area contributed by atoms with Gasteiger partial charge < -0.3 is 10.2 Å². The van der Waals surface area contributed by atoms with Crippen molar-refractivity contribution in [3.8, 4) is 5.69 Å². The Morgan fingerprint density at radius 1 is 1.26 bits per heavy atom. The van der Waals surface area contributed by atoms with Gasteiger partial charge in [0.05, 0.1) is 11.9 Å². The molecular weight excluding hydrogens is 438 g/mol. The van der Waals surface area contributed by atoms with Gasteiger partial charge in [-0.25, -0.2) is 4.68 Å². The maximum atomic E-state index is 12.9. The number of fused-ring (bicyclic) bond motifs is 2. The van der Waals surface area contributed by atoms with Crippen molar-refractivity contribution in [2.24, 2.45) is 5.92 Å². The summed E-state index contributed by atoms with van der Waals surface area (Å²) in [5, 5.41) is 13.4. The second-order valence-corrected chi connectivity index (χ2v) is 9.85. The molecule has 1 atom stereocenters. The van der Waals surface area contributed by atoms with E-state index in [1.165, 1.54) is 9.58 Å².